The molecule has 2 aliphatic rings. The van der Waals surface area contributed by atoms with E-state index in [2.05, 4.69) is 41.6 Å². The Hall–Kier alpha value is -5.75. The number of anilines is 1. The number of carbonyl (C=O) groups is 6. The van der Waals surface area contributed by atoms with Gasteiger partial charge in [0.25, 0.3) is 11.8 Å². The number of oxime groups is 1. The number of carboxylic acid groups (broad SMARTS) is 1. The van der Waals surface area contributed by atoms with Crippen molar-refractivity contribution < 1.29 is 52.9 Å². The highest BCUT2D eigenvalue weighted by Crippen LogP contribution is 2.42. The molecule has 0 saturated carbocycles. The molecule has 3 aromatic rings. The maximum absolute atomic E-state index is 13.9. The van der Waals surface area contributed by atoms with Gasteiger partial charge < -0.3 is 40.1 Å². The third kappa shape index (κ3) is 11.2. The average molecular weight is 861 g/mol. The molecule has 4 heterocycles. The molecule has 3 atom stereocenters. The number of thioether (sulfide) groups is 2. The van der Waals surface area contributed by atoms with E-state index in [1.807, 2.05) is 0 Å². The number of ether oxygens (including phenoxy) is 3. The first-order chi connectivity index (χ1) is 27.7. The molecule has 1 fully saturated rings. The number of nitrogens with one attached hydrogen (secondary N) is 3. The van der Waals surface area contributed by atoms with Crippen LogP contribution in [0, 0.1) is 0 Å². The first-order valence-corrected chi connectivity index (χ1v) is 20.4. The standard InChI is InChI=1S/C34H40N10O11S3/c1-6-20(11-35-33(51)54-34(2,3)4)55-40-24(22-16-57-31(37-22)36-17-45)27(48)38-25-28(49)44-26(30(50)53-13-18-7-9-21(52-5)10-8-18)19(14-56-29(25)44)15-58-32-39-41-42-43(32)12-23(46)47/h7-10,16-17,20,25,29H,6,11-15H2,1-5H3,(H,35,51)(H,38,48)(H,46,47)(H,36,37,45)/b40-24+/t20?,25?,29-/m1/s1. The van der Waals surface area contributed by atoms with E-state index in [0.29, 0.717) is 29.7 Å². The summed E-state index contributed by atoms with van der Waals surface area (Å²) in [6, 6.07) is 5.75. The first-order valence-electron chi connectivity index (χ1n) is 17.5. The normalized spacial score (nSPS) is 17.0. The number of β-lactam (4-membered cyclic amide) rings is 1. The van der Waals surface area contributed by atoms with Crippen molar-refractivity contribution in [2.24, 2.45) is 5.16 Å². The smallest absolute Gasteiger partial charge is 0.407 e. The highest BCUT2D eigenvalue weighted by Gasteiger charge is 2.54. The molecule has 24 heteroatoms. The van der Waals surface area contributed by atoms with E-state index in [0.717, 1.165) is 27.8 Å². The van der Waals surface area contributed by atoms with Crippen LogP contribution in [-0.2, 0) is 51.4 Å². The molecule has 2 aliphatic heterocycles. The fraction of sp³-hybridized carbons (Fsp3) is 0.441. The maximum atomic E-state index is 13.9. The molecule has 0 bridgehead atoms. The molecule has 0 spiro atoms. The van der Waals surface area contributed by atoms with Crippen LogP contribution in [-0.4, -0.2) is 125 Å². The zero-order valence-corrected chi connectivity index (χ0v) is 34.3. The van der Waals surface area contributed by atoms with E-state index in [-0.39, 0.29) is 52.0 Å². The number of rotatable bonds is 19. The molecular weight excluding hydrogens is 821 g/mol. The third-order valence-corrected chi connectivity index (χ3v) is 11.1. The number of aliphatic carboxylic acids is 1. The number of nitrogens with zero attached hydrogens (tertiary/aromatic N) is 7. The summed E-state index contributed by atoms with van der Waals surface area (Å²) >= 11 is 3.38. The molecule has 21 nitrogen and oxygen atoms in total. The molecular formula is C34H40N10O11S3. The van der Waals surface area contributed by atoms with E-state index in [9.17, 15) is 33.9 Å². The number of benzene rings is 1. The highest BCUT2D eigenvalue weighted by molar-refractivity contribution is 8.01. The van der Waals surface area contributed by atoms with Gasteiger partial charge in [0, 0.05) is 16.9 Å². The van der Waals surface area contributed by atoms with Crippen LogP contribution in [0.5, 0.6) is 5.75 Å². The van der Waals surface area contributed by atoms with Crippen LogP contribution in [0.2, 0.25) is 0 Å². The van der Waals surface area contributed by atoms with Crippen LogP contribution in [0.1, 0.15) is 45.4 Å². The number of methoxy groups -OCH3 is 1. The van der Waals surface area contributed by atoms with Crippen LogP contribution < -0.4 is 20.7 Å². The van der Waals surface area contributed by atoms with Gasteiger partial charge in [0.05, 0.1) is 13.7 Å². The van der Waals surface area contributed by atoms with E-state index >= 15 is 0 Å². The van der Waals surface area contributed by atoms with Gasteiger partial charge in [-0.05, 0) is 60.9 Å². The number of carbonyl (C=O) groups excluding carboxylic acids is 5. The number of hydrogen-bond acceptors (Lipinski definition) is 18. The second kappa shape index (κ2) is 19.6. The number of alkyl carbamates (subject to hydrolysis) is 1. The Bertz CT molecular complexity index is 2070. The minimum Gasteiger partial charge on any atom is -0.497 e. The maximum Gasteiger partial charge on any atom is 0.407 e. The second-order valence-corrected chi connectivity index (χ2v) is 16.2. The minimum atomic E-state index is -1.15. The zero-order chi connectivity index (χ0) is 42.0. The summed E-state index contributed by atoms with van der Waals surface area (Å²) in [5, 5.41) is 33.2. The molecule has 0 aliphatic carbocycles. The molecule has 2 unspecified atom stereocenters. The number of hydrogen-bond donors (Lipinski definition) is 4. The number of tetrazole rings is 1. The molecule has 4 amide bonds. The molecule has 4 N–H and O–H groups in total. The molecule has 1 aromatic carbocycles. The number of fused-ring (bicyclic) bond motifs is 1. The van der Waals surface area contributed by atoms with Crippen molar-refractivity contribution in [2.75, 3.05) is 30.5 Å². The minimum absolute atomic E-state index is 0.00756. The summed E-state index contributed by atoms with van der Waals surface area (Å²) in [6.45, 7) is 6.34. The predicted octanol–water partition coefficient (Wildman–Crippen LogP) is 2.00. The monoisotopic (exact) mass is 860 g/mol. The van der Waals surface area contributed by atoms with Crippen molar-refractivity contribution in [3.63, 3.8) is 0 Å². The molecule has 2 aromatic heterocycles. The largest absolute Gasteiger partial charge is 0.497 e. The third-order valence-electron chi connectivity index (χ3n) is 7.98. The number of thiazole rings is 1. The Balaban J connectivity index is 1.35. The van der Waals surface area contributed by atoms with E-state index in [4.69, 9.17) is 19.0 Å². The average Bonchev–Trinajstić information content (AvgIpc) is 3.84. The van der Waals surface area contributed by atoms with Crippen LogP contribution in [0.25, 0.3) is 0 Å². The summed E-state index contributed by atoms with van der Waals surface area (Å²) in [5.74, 6) is -2.46. The topological polar surface area (TPSA) is 268 Å². The van der Waals surface area contributed by atoms with Gasteiger partial charge >= 0.3 is 18.0 Å². The SMILES string of the molecule is CCC(CNC(=O)OC(C)(C)C)O/N=C(/C(=O)NC1C(=O)N2C(C(=O)OCc3ccc(OC)cc3)=C(CSc3nnnn3CC(=O)O)CS[C@H]12)c1csc(NC=O)n1. The van der Waals surface area contributed by atoms with Crippen molar-refractivity contribution in [3.05, 3.63) is 52.2 Å². The molecule has 0 radical (unpaired) electrons. The number of carboxylic acids is 1. The van der Waals surface area contributed by atoms with Crippen LogP contribution >= 0.6 is 34.9 Å². The Morgan fingerprint density at radius 2 is 1.95 bits per heavy atom. The first kappa shape index (κ1) is 43.4. The molecule has 5 rings (SSSR count). The Kier molecular flexibility index (Phi) is 14.7. The Morgan fingerprint density at radius 3 is 2.62 bits per heavy atom. The van der Waals surface area contributed by atoms with E-state index < -0.39 is 59.5 Å². The summed E-state index contributed by atoms with van der Waals surface area (Å²) in [5.41, 5.74) is 0.123. The van der Waals surface area contributed by atoms with Gasteiger partial charge in [-0.25, -0.2) is 19.3 Å². The zero-order valence-electron chi connectivity index (χ0n) is 31.8. The van der Waals surface area contributed by atoms with Gasteiger partial charge in [-0.15, -0.1) is 28.2 Å². The van der Waals surface area contributed by atoms with Crippen molar-refractivity contribution in [1.82, 2.24) is 40.7 Å². The van der Waals surface area contributed by atoms with E-state index in [1.54, 1.807) is 52.0 Å². The summed E-state index contributed by atoms with van der Waals surface area (Å²) in [6.07, 6.45) is -0.572. The van der Waals surface area contributed by atoms with Gasteiger partial charge in [-0.1, -0.05) is 36.0 Å². The van der Waals surface area contributed by atoms with Gasteiger partial charge in [-0.3, -0.25) is 24.1 Å². The summed E-state index contributed by atoms with van der Waals surface area (Å²) in [4.78, 5) is 87.4. The lowest BCUT2D eigenvalue weighted by Gasteiger charge is -2.49. The highest BCUT2D eigenvalue weighted by atomic mass is 32.2. The van der Waals surface area contributed by atoms with Crippen molar-refractivity contribution in [2.45, 2.75) is 75.5 Å². The fourth-order valence-corrected chi connectivity index (χ4v) is 8.23. The van der Waals surface area contributed by atoms with Gasteiger partial charge in [-0.2, -0.15) is 0 Å². The summed E-state index contributed by atoms with van der Waals surface area (Å²) in [7, 11) is 1.53. The number of aromatic nitrogens is 5. The lowest BCUT2D eigenvalue weighted by Crippen LogP contribution is -2.71. The van der Waals surface area contributed by atoms with Crippen molar-refractivity contribution >= 4 is 82.0 Å². The van der Waals surface area contributed by atoms with Crippen LogP contribution in [0.4, 0.5) is 9.93 Å². The Labute approximate surface area is 343 Å². The quantitative estimate of drug-likeness (QED) is 0.0335. The summed E-state index contributed by atoms with van der Waals surface area (Å²) < 4.78 is 17.2. The fourth-order valence-electron chi connectivity index (χ4n) is 5.21. The van der Waals surface area contributed by atoms with E-state index in [1.165, 1.54) is 29.2 Å². The van der Waals surface area contributed by atoms with Crippen molar-refractivity contribution in [3.8, 4) is 5.75 Å². The van der Waals surface area contributed by atoms with Gasteiger partial charge in [0.15, 0.2) is 10.8 Å². The lowest BCUT2D eigenvalue weighted by molar-refractivity contribution is -0.153. The van der Waals surface area contributed by atoms with Gasteiger partial charge in [0.1, 0.15) is 53.4 Å². The molecule has 58 heavy (non-hydrogen) atoms. The molecule has 310 valence electrons. The predicted molar refractivity (Wildman–Crippen MR) is 209 cm³/mol. The second-order valence-electron chi connectivity index (χ2n) is 13.3. The number of amides is 4. The van der Waals surface area contributed by atoms with Gasteiger partial charge in [0.2, 0.25) is 11.6 Å². The van der Waals surface area contributed by atoms with Crippen LogP contribution in [0.15, 0.2) is 51.2 Å². The lowest BCUT2D eigenvalue weighted by atomic mass is 10.0. The van der Waals surface area contributed by atoms with Crippen LogP contribution in [0.3, 0.4) is 0 Å². The number of esters is 1. The molecule has 1 saturated heterocycles. The van der Waals surface area contributed by atoms with Crippen molar-refractivity contribution in [1.29, 1.82) is 0 Å². The Morgan fingerprint density at radius 1 is 1.19 bits per heavy atom.